The molecule has 1 aliphatic carbocycles. The number of aromatic nitrogens is 1. The Bertz CT molecular complexity index is 808. The summed E-state index contributed by atoms with van der Waals surface area (Å²) in [5.74, 6) is 1.49. The average molecular weight is 399 g/mol. The molecule has 0 unspecified atom stereocenters. The number of rotatable bonds is 7. The first kappa shape index (κ1) is 20.8. The fraction of sp³-hybridized carbons (Fsp3) is 0.455. The predicted octanol–water partition coefficient (Wildman–Crippen LogP) is 4.30. The van der Waals surface area contributed by atoms with Gasteiger partial charge in [-0.25, -0.2) is 0 Å². The largest absolute Gasteiger partial charge is 0.493 e. The SMILES string of the molecule is COc1cc(Nc2ccnc(C(=O)NC3CCCCCC3)c2)cc(OC)c1OC. The van der Waals surface area contributed by atoms with Crippen molar-refractivity contribution in [2.75, 3.05) is 26.6 Å². The summed E-state index contributed by atoms with van der Waals surface area (Å²) in [5, 5.41) is 6.41. The van der Waals surface area contributed by atoms with Crippen LogP contribution >= 0.6 is 0 Å². The van der Waals surface area contributed by atoms with E-state index in [1.807, 2.05) is 18.2 Å². The van der Waals surface area contributed by atoms with Crippen molar-refractivity contribution >= 4 is 17.3 Å². The minimum Gasteiger partial charge on any atom is -0.493 e. The molecule has 0 atom stereocenters. The van der Waals surface area contributed by atoms with E-state index in [1.54, 1.807) is 33.6 Å². The lowest BCUT2D eigenvalue weighted by Crippen LogP contribution is -2.34. The van der Waals surface area contributed by atoms with Crippen LogP contribution < -0.4 is 24.8 Å². The van der Waals surface area contributed by atoms with Crippen LogP contribution in [0.15, 0.2) is 30.5 Å². The van der Waals surface area contributed by atoms with Gasteiger partial charge in [-0.3, -0.25) is 9.78 Å². The zero-order valence-corrected chi connectivity index (χ0v) is 17.3. The van der Waals surface area contributed by atoms with E-state index in [4.69, 9.17) is 14.2 Å². The maximum absolute atomic E-state index is 12.7. The van der Waals surface area contributed by atoms with Crippen molar-refractivity contribution in [2.24, 2.45) is 0 Å². The van der Waals surface area contributed by atoms with Crippen LogP contribution in [0.1, 0.15) is 49.0 Å². The summed E-state index contributed by atoms with van der Waals surface area (Å²) in [6, 6.07) is 7.42. The number of carbonyl (C=O) groups is 1. The highest BCUT2D eigenvalue weighted by molar-refractivity contribution is 5.93. The minimum atomic E-state index is -0.134. The van der Waals surface area contributed by atoms with Crippen LogP contribution in [0.4, 0.5) is 11.4 Å². The Morgan fingerprint density at radius 3 is 2.17 bits per heavy atom. The summed E-state index contributed by atoms with van der Waals surface area (Å²) >= 11 is 0. The number of pyridine rings is 1. The Morgan fingerprint density at radius 2 is 1.59 bits per heavy atom. The molecule has 3 rings (SSSR count). The van der Waals surface area contributed by atoms with E-state index in [9.17, 15) is 4.79 Å². The lowest BCUT2D eigenvalue weighted by atomic mass is 10.1. The highest BCUT2D eigenvalue weighted by Gasteiger charge is 2.17. The first-order valence-corrected chi connectivity index (χ1v) is 9.98. The number of hydrogen-bond acceptors (Lipinski definition) is 6. The standard InChI is InChI=1S/C22H29N3O4/c1-27-19-13-17(14-20(28-2)21(19)29-3)24-16-10-11-23-18(12-16)22(26)25-15-8-6-4-5-7-9-15/h10-15H,4-9H2,1-3H3,(H,23,24)(H,25,26). The van der Waals surface area contributed by atoms with E-state index < -0.39 is 0 Å². The van der Waals surface area contributed by atoms with Crippen molar-refractivity contribution in [3.63, 3.8) is 0 Å². The maximum Gasteiger partial charge on any atom is 0.270 e. The van der Waals surface area contributed by atoms with Gasteiger partial charge in [0, 0.05) is 35.7 Å². The topological polar surface area (TPSA) is 81.7 Å². The first-order valence-electron chi connectivity index (χ1n) is 9.98. The molecule has 0 saturated heterocycles. The van der Waals surface area contributed by atoms with E-state index >= 15 is 0 Å². The second kappa shape index (κ2) is 10.0. The van der Waals surface area contributed by atoms with Gasteiger partial charge in [-0.15, -0.1) is 0 Å². The van der Waals surface area contributed by atoms with Gasteiger partial charge in [0.15, 0.2) is 11.5 Å². The first-order chi connectivity index (χ1) is 14.1. The second-order valence-corrected chi connectivity index (χ2v) is 7.13. The zero-order chi connectivity index (χ0) is 20.6. The van der Waals surface area contributed by atoms with Gasteiger partial charge in [0.2, 0.25) is 5.75 Å². The van der Waals surface area contributed by atoms with Gasteiger partial charge in [0.05, 0.1) is 21.3 Å². The Morgan fingerprint density at radius 1 is 0.931 bits per heavy atom. The average Bonchev–Trinajstić information content (AvgIpc) is 3.01. The third-order valence-corrected chi connectivity index (χ3v) is 5.14. The number of benzene rings is 1. The van der Waals surface area contributed by atoms with Crippen LogP contribution in [0, 0.1) is 0 Å². The van der Waals surface area contributed by atoms with E-state index in [0.29, 0.717) is 22.9 Å². The quantitative estimate of drug-likeness (QED) is 0.676. The maximum atomic E-state index is 12.7. The Balaban J connectivity index is 1.75. The van der Waals surface area contributed by atoms with Crippen molar-refractivity contribution in [1.29, 1.82) is 0 Å². The van der Waals surface area contributed by atoms with Gasteiger partial charge in [0.25, 0.3) is 5.91 Å². The summed E-state index contributed by atoms with van der Waals surface area (Å²) in [6.07, 6.45) is 8.53. The van der Waals surface area contributed by atoms with Gasteiger partial charge in [-0.1, -0.05) is 25.7 Å². The molecule has 0 spiro atoms. The van der Waals surface area contributed by atoms with Gasteiger partial charge in [-0.05, 0) is 25.0 Å². The molecule has 7 heteroatoms. The Hall–Kier alpha value is -2.96. The zero-order valence-electron chi connectivity index (χ0n) is 17.3. The number of methoxy groups -OCH3 is 3. The summed E-state index contributed by atoms with van der Waals surface area (Å²) in [5.41, 5.74) is 1.90. The predicted molar refractivity (Wildman–Crippen MR) is 113 cm³/mol. The molecule has 7 nitrogen and oxygen atoms in total. The molecular weight excluding hydrogens is 370 g/mol. The third kappa shape index (κ3) is 5.31. The second-order valence-electron chi connectivity index (χ2n) is 7.13. The molecule has 1 aromatic heterocycles. The molecule has 156 valence electrons. The summed E-state index contributed by atoms with van der Waals surface area (Å²) in [7, 11) is 4.71. The number of nitrogens with zero attached hydrogens (tertiary/aromatic N) is 1. The van der Waals surface area contributed by atoms with Crippen LogP contribution in [0.5, 0.6) is 17.2 Å². The summed E-state index contributed by atoms with van der Waals surface area (Å²) < 4.78 is 16.1. The summed E-state index contributed by atoms with van der Waals surface area (Å²) in [4.78, 5) is 16.9. The highest BCUT2D eigenvalue weighted by atomic mass is 16.5. The smallest absolute Gasteiger partial charge is 0.270 e. The molecule has 1 aliphatic rings. The number of nitrogens with one attached hydrogen (secondary N) is 2. The van der Waals surface area contributed by atoms with E-state index in [2.05, 4.69) is 15.6 Å². The summed E-state index contributed by atoms with van der Waals surface area (Å²) in [6.45, 7) is 0. The van der Waals surface area contributed by atoms with E-state index in [0.717, 1.165) is 24.2 Å². The molecular formula is C22H29N3O4. The van der Waals surface area contributed by atoms with Crippen LogP contribution in [0.25, 0.3) is 0 Å². The number of carbonyl (C=O) groups excluding carboxylic acids is 1. The molecule has 1 saturated carbocycles. The van der Waals surface area contributed by atoms with Crippen molar-refractivity contribution in [1.82, 2.24) is 10.3 Å². The van der Waals surface area contributed by atoms with Crippen LogP contribution in [0.3, 0.4) is 0 Å². The highest BCUT2D eigenvalue weighted by Crippen LogP contribution is 2.40. The molecule has 1 amide bonds. The fourth-order valence-corrected chi connectivity index (χ4v) is 3.64. The molecule has 0 aliphatic heterocycles. The molecule has 29 heavy (non-hydrogen) atoms. The van der Waals surface area contributed by atoms with E-state index in [-0.39, 0.29) is 11.9 Å². The van der Waals surface area contributed by atoms with Crippen LogP contribution in [0.2, 0.25) is 0 Å². The van der Waals surface area contributed by atoms with E-state index in [1.165, 1.54) is 25.7 Å². The van der Waals surface area contributed by atoms with Crippen molar-refractivity contribution in [2.45, 2.75) is 44.6 Å². The lowest BCUT2D eigenvalue weighted by molar-refractivity contribution is 0.0928. The van der Waals surface area contributed by atoms with Gasteiger partial charge < -0.3 is 24.8 Å². The fourth-order valence-electron chi connectivity index (χ4n) is 3.64. The number of anilines is 2. The normalized spacial score (nSPS) is 14.6. The molecule has 2 aromatic rings. The molecule has 0 radical (unpaired) electrons. The van der Waals surface area contributed by atoms with Crippen LogP contribution in [-0.2, 0) is 0 Å². The molecule has 2 N–H and O–H groups in total. The molecule has 1 heterocycles. The number of ether oxygens (including phenoxy) is 3. The molecule has 1 aromatic carbocycles. The van der Waals surface area contributed by atoms with Gasteiger partial charge >= 0.3 is 0 Å². The monoisotopic (exact) mass is 399 g/mol. The Labute approximate surface area is 171 Å². The molecule has 1 fully saturated rings. The number of amides is 1. The van der Waals surface area contributed by atoms with Crippen molar-refractivity contribution < 1.29 is 19.0 Å². The molecule has 0 bridgehead atoms. The van der Waals surface area contributed by atoms with Crippen LogP contribution in [-0.4, -0.2) is 38.3 Å². The van der Waals surface area contributed by atoms with Crippen molar-refractivity contribution in [3.05, 3.63) is 36.2 Å². The van der Waals surface area contributed by atoms with Crippen molar-refractivity contribution in [3.8, 4) is 17.2 Å². The Kier molecular flexibility index (Phi) is 7.16. The number of hydrogen-bond donors (Lipinski definition) is 2. The third-order valence-electron chi connectivity index (χ3n) is 5.14. The van der Waals surface area contributed by atoms with Gasteiger partial charge in [-0.2, -0.15) is 0 Å². The minimum absolute atomic E-state index is 0.134. The van der Waals surface area contributed by atoms with Gasteiger partial charge in [0.1, 0.15) is 5.69 Å². The lowest BCUT2D eigenvalue weighted by Gasteiger charge is -2.17.